The highest BCUT2D eigenvalue weighted by atomic mass is 32.2. The lowest BCUT2D eigenvalue weighted by atomic mass is 10.1. The van der Waals surface area contributed by atoms with Gasteiger partial charge in [0.15, 0.2) is 0 Å². The van der Waals surface area contributed by atoms with E-state index in [1.54, 1.807) is 24.3 Å². The minimum absolute atomic E-state index is 0.191. The van der Waals surface area contributed by atoms with Crippen molar-refractivity contribution >= 4 is 38.2 Å². The number of benzene rings is 1. The minimum Gasteiger partial charge on any atom is -0.365 e. The quantitative estimate of drug-likeness (QED) is 0.536. The number of hydrogen-bond donors (Lipinski definition) is 2. The van der Waals surface area contributed by atoms with E-state index in [9.17, 15) is 18.0 Å². The Morgan fingerprint density at radius 2 is 1.72 bits per heavy atom. The highest BCUT2D eigenvalue weighted by Crippen LogP contribution is 2.37. The molecule has 0 fully saturated rings. The molecule has 0 saturated carbocycles. The lowest BCUT2D eigenvalue weighted by Gasteiger charge is -2.18. The van der Waals surface area contributed by atoms with E-state index in [1.165, 1.54) is 15.6 Å². The van der Waals surface area contributed by atoms with Crippen molar-refractivity contribution in [1.82, 2.24) is 4.31 Å². The van der Waals surface area contributed by atoms with Crippen LogP contribution in [0.3, 0.4) is 0 Å². The molecule has 1 aromatic carbocycles. The average Bonchev–Trinajstić information content (AvgIpc) is 2.94. The summed E-state index contributed by atoms with van der Waals surface area (Å²) in [6.07, 6.45) is 5.67. The van der Waals surface area contributed by atoms with Gasteiger partial charge in [0.05, 0.1) is 10.5 Å². The van der Waals surface area contributed by atoms with Gasteiger partial charge in [-0.1, -0.05) is 32.4 Å². The standard InChI is InChI=1S/C23H31N3O4S2/c1-3-26(4-2)32(29,30)17-13-10-16(11-14-17)12-15-20(27)25-23-21(22(24)28)18-8-6-5-7-9-19(18)31-23/h10-11,13-14H,3-9,12,15H2,1-2H3,(H2,24,28)(H,25,27). The van der Waals surface area contributed by atoms with Gasteiger partial charge in [0.2, 0.25) is 15.9 Å². The van der Waals surface area contributed by atoms with Crippen molar-refractivity contribution in [2.45, 2.75) is 63.7 Å². The van der Waals surface area contributed by atoms with Gasteiger partial charge in [-0.15, -0.1) is 11.3 Å². The summed E-state index contributed by atoms with van der Waals surface area (Å²) in [6.45, 7) is 4.45. The Bertz CT molecular complexity index is 1070. The Hall–Kier alpha value is -2.23. The lowest BCUT2D eigenvalue weighted by Crippen LogP contribution is -2.30. The predicted molar refractivity (Wildman–Crippen MR) is 128 cm³/mol. The monoisotopic (exact) mass is 477 g/mol. The number of fused-ring (bicyclic) bond motifs is 1. The molecule has 0 radical (unpaired) electrons. The highest BCUT2D eigenvalue weighted by Gasteiger charge is 2.24. The summed E-state index contributed by atoms with van der Waals surface area (Å²) in [7, 11) is -3.50. The van der Waals surface area contributed by atoms with Gasteiger partial charge in [0.1, 0.15) is 5.00 Å². The molecule has 1 heterocycles. The van der Waals surface area contributed by atoms with Crippen LogP contribution in [-0.2, 0) is 34.1 Å². The van der Waals surface area contributed by atoms with Gasteiger partial charge < -0.3 is 11.1 Å². The third-order valence-corrected chi connectivity index (χ3v) is 9.10. The predicted octanol–water partition coefficient (Wildman–Crippen LogP) is 3.72. The zero-order valence-electron chi connectivity index (χ0n) is 18.6. The topological polar surface area (TPSA) is 110 Å². The maximum absolute atomic E-state index is 12.6. The normalized spacial score (nSPS) is 14.1. The third kappa shape index (κ3) is 5.39. The second-order valence-corrected chi connectivity index (χ2v) is 11.0. The van der Waals surface area contributed by atoms with Crippen LogP contribution < -0.4 is 11.1 Å². The van der Waals surface area contributed by atoms with Crippen LogP contribution in [0, 0.1) is 0 Å². The number of thiophene rings is 1. The number of aryl methyl sites for hydroxylation is 2. The molecule has 1 aliphatic carbocycles. The van der Waals surface area contributed by atoms with Crippen LogP contribution in [0.4, 0.5) is 5.00 Å². The smallest absolute Gasteiger partial charge is 0.251 e. The van der Waals surface area contributed by atoms with Crippen molar-refractivity contribution in [2.24, 2.45) is 5.73 Å². The molecular formula is C23H31N3O4S2. The molecule has 3 N–H and O–H groups in total. The highest BCUT2D eigenvalue weighted by molar-refractivity contribution is 7.89. The molecule has 7 nitrogen and oxygen atoms in total. The van der Waals surface area contributed by atoms with Crippen LogP contribution in [0.15, 0.2) is 29.2 Å². The summed E-state index contributed by atoms with van der Waals surface area (Å²) in [5, 5.41) is 3.43. The number of amides is 2. The third-order valence-electron chi connectivity index (χ3n) is 5.83. The molecule has 1 aliphatic rings. The molecular weight excluding hydrogens is 446 g/mol. The summed E-state index contributed by atoms with van der Waals surface area (Å²) >= 11 is 1.46. The van der Waals surface area contributed by atoms with Crippen LogP contribution >= 0.6 is 11.3 Å². The first-order valence-electron chi connectivity index (χ1n) is 11.1. The van der Waals surface area contributed by atoms with E-state index in [1.807, 2.05) is 13.8 Å². The molecule has 0 atom stereocenters. The molecule has 2 aromatic rings. The van der Waals surface area contributed by atoms with E-state index >= 15 is 0 Å². The number of nitrogens with zero attached hydrogens (tertiary/aromatic N) is 1. The first-order valence-corrected chi connectivity index (χ1v) is 13.4. The zero-order valence-corrected chi connectivity index (χ0v) is 20.3. The summed E-state index contributed by atoms with van der Waals surface area (Å²) < 4.78 is 26.6. The van der Waals surface area contributed by atoms with Gasteiger partial charge in [-0.3, -0.25) is 9.59 Å². The van der Waals surface area contributed by atoms with Crippen molar-refractivity contribution in [1.29, 1.82) is 0 Å². The number of nitrogens with two attached hydrogens (primary N) is 1. The van der Waals surface area contributed by atoms with Crippen molar-refractivity contribution in [3.8, 4) is 0 Å². The first kappa shape index (κ1) is 24.4. The Morgan fingerprint density at radius 3 is 2.34 bits per heavy atom. The molecule has 0 saturated heterocycles. The number of carbonyl (C=O) groups is 2. The first-order chi connectivity index (χ1) is 15.3. The van der Waals surface area contributed by atoms with Gasteiger partial charge >= 0.3 is 0 Å². The van der Waals surface area contributed by atoms with E-state index in [0.717, 1.165) is 48.1 Å². The van der Waals surface area contributed by atoms with Gasteiger partial charge in [-0.2, -0.15) is 4.31 Å². The molecule has 3 rings (SSSR count). The van der Waals surface area contributed by atoms with E-state index in [0.29, 0.717) is 30.1 Å². The number of nitrogens with one attached hydrogen (secondary N) is 1. The Balaban J connectivity index is 1.65. The van der Waals surface area contributed by atoms with Gasteiger partial charge in [-0.25, -0.2) is 8.42 Å². The van der Waals surface area contributed by atoms with Gasteiger partial charge in [0, 0.05) is 24.4 Å². The van der Waals surface area contributed by atoms with Crippen molar-refractivity contribution in [3.63, 3.8) is 0 Å². The Labute approximate surface area is 194 Å². The number of rotatable bonds is 9. The fraction of sp³-hybridized carbons (Fsp3) is 0.478. The SMILES string of the molecule is CCN(CC)S(=O)(=O)c1ccc(CCC(=O)Nc2sc3c(c2C(N)=O)CCCCC3)cc1. The number of carbonyl (C=O) groups excluding carboxylic acids is 2. The summed E-state index contributed by atoms with van der Waals surface area (Å²) in [5.74, 6) is -0.687. The summed E-state index contributed by atoms with van der Waals surface area (Å²) in [5.41, 5.74) is 7.96. The summed E-state index contributed by atoms with van der Waals surface area (Å²) in [4.78, 5) is 26.0. The second-order valence-electron chi connectivity index (χ2n) is 7.91. The van der Waals surface area contributed by atoms with Crippen LogP contribution in [0.5, 0.6) is 0 Å². The van der Waals surface area contributed by atoms with Gasteiger partial charge in [-0.05, 0) is 55.4 Å². The zero-order chi connectivity index (χ0) is 23.3. The van der Waals surface area contributed by atoms with Crippen LogP contribution in [0.1, 0.15) is 65.9 Å². The van der Waals surface area contributed by atoms with Crippen molar-refractivity contribution in [3.05, 3.63) is 45.8 Å². The molecule has 9 heteroatoms. The van der Waals surface area contributed by atoms with E-state index in [-0.39, 0.29) is 17.2 Å². The Morgan fingerprint density at radius 1 is 1.06 bits per heavy atom. The lowest BCUT2D eigenvalue weighted by molar-refractivity contribution is -0.116. The van der Waals surface area contributed by atoms with E-state index in [4.69, 9.17) is 5.73 Å². The van der Waals surface area contributed by atoms with Crippen LogP contribution in [0.2, 0.25) is 0 Å². The molecule has 0 bridgehead atoms. The van der Waals surface area contributed by atoms with Crippen LogP contribution in [0.25, 0.3) is 0 Å². The van der Waals surface area contributed by atoms with Crippen molar-refractivity contribution in [2.75, 3.05) is 18.4 Å². The molecule has 0 aliphatic heterocycles. The maximum Gasteiger partial charge on any atom is 0.251 e. The van der Waals surface area contributed by atoms with E-state index < -0.39 is 15.9 Å². The van der Waals surface area contributed by atoms with E-state index in [2.05, 4.69) is 5.32 Å². The molecule has 32 heavy (non-hydrogen) atoms. The molecule has 0 unspecified atom stereocenters. The molecule has 174 valence electrons. The maximum atomic E-state index is 12.6. The summed E-state index contributed by atoms with van der Waals surface area (Å²) in [6, 6.07) is 6.66. The number of sulfonamides is 1. The average molecular weight is 478 g/mol. The number of primary amides is 1. The van der Waals surface area contributed by atoms with Gasteiger partial charge in [0.25, 0.3) is 5.91 Å². The fourth-order valence-corrected chi connectivity index (χ4v) is 6.85. The minimum atomic E-state index is -3.50. The Kier molecular flexibility index (Phi) is 8.08. The largest absolute Gasteiger partial charge is 0.365 e. The molecule has 0 spiro atoms. The van der Waals surface area contributed by atoms with Crippen molar-refractivity contribution < 1.29 is 18.0 Å². The molecule has 2 amide bonds. The van der Waals surface area contributed by atoms with Crippen LogP contribution in [-0.4, -0.2) is 37.6 Å². The second kappa shape index (κ2) is 10.6. The molecule has 1 aromatic heterocycles. The fourth-order valence-electron chi connectivity index (χ4n) is 4.08. The number of anilines is 1. The number of hydrogen-bond acceptors (Lipinski definition) is 5.